The Bertz CT molecular complexity index is 663. The van der Waals surface area contributed by atoms with Crippen molar-refractivity contribution < 1.29 is 57.8 Å². The molecule has 0 amide bonds. The van der Waals surface area contributed by atoms with Gasteiger partial charge in [-0.25, -0.2) is 9.59 Å². The fourth-order valence-electron chi connectivity index (χ4n) is 2.26. The SMILES string of the molecule is C=CC(=O)OCCCCOCC(O)COC(=O)CC(=O)OCC(O)COC(CCC)OC(=O)C=C. The highest BCUT2D eigenvalue weighted by molar-refractivity contribution is 5.91. The van der Waals surface area contributed by atoms with Gasteiger partial charge in [0, 0.05) is 25.2 Å². The maximum absolute atomic E-state index is 11.7. The summed E-state index contributed by atoms with van der Waals surface area (Å²) in [4.78, 5) is 45.5. The van der Waals surface area contributed by atoms with Crippen molar-refractivity contribution in [1.82, 2.24) is 0 Å². The van der Waals surface area contributed by atoms with Crippen LogP contribution in [0.3, 0.4) is 0 Å². The van der Waals surface area contributed by atoms with Crippen LogP contribution >= 0.6 is 0 Å². The lowest BCUT2D eigenvalue weighted by atomic mass is 10.3. The van der Waals surface area contributed by atoms with E-state index in [1.54, 1.807) is 0 Å². The maximum Gasteiger partial charge on any atom is 0.332 e. The van der Waals surface area contributed by atoms with E-state index in [0.717, 1.165) is 12.2 Å². The Labute approximate surface area is 204 Å². The third-order valence-corrected chi connectivity index (χ3v) is 3.98. The number of hydrogen-bond donors (Lipinski definition) is 2. The highest BCUT2D eigenvalue weighted by Crippen LogP contribution is 2.06. The van der Waals surface area contributed by atoms with Crippen LogP contribution in [0.15, 0.2) is 25.3 Å². The summed E-state index contributed by atoms with van der Waals surface area (Å²) in [6.07, 6.45) is 0.439. The predicted octanol–water partition coefficient (Wildman–Crippen LogP) is 0.583. The molecular formula is C23H36O12. The Balaban J connectivity index is 3.92. The van der Waals surface area contributed by atoms with Crippen molar-refractivity contribution in [3.05, 3.63) is 25.3 Å². The molecule has 35 heavy (non-hydrogen) atoms. The molecule has 3 atom stereocenters. The van der Waals surface area contributed by atoms with Gasteiger partial charge < -0.3 is 38.6 Å². The van der Waals surface area contributed by atoms with E-state index in [1.807, 2.05) is 6.92 Å². The quantitative estimate of drug-likeness (QED) is 0.0559. The van der Waals surface area contributed by atoms with Crippen molar-refractivity contribution in [3.63, 3.8) is 0 Å². The van der Waals surface area contributed by atoms with Crippen molar-refractivity contribution in [2.24, 2.45) is 0 Å². The zero-order valence-electron chi connectivity index (χ0n) is 20.1. The number of unbranched alkanes of at least 4 members (excludes halogenated alkanes) is 1. The summed E-state index contributed by atoms with van der Waals surface area (Å²) < 4.78 is 29.8. The van der Waals surface area contributed by atoms with Crippen LogP contribution in [0.5, 0.6) is 0 Å². The Morgan fingerprint density at radius 2 is 1.37 bits per heavy atom. The summed E-state index contributed by atoms with van der Waals surface area (Å²) in [5.41, 5.74) is 0. The minimum Gasteiger partial charge on any atom is -0.463 e. The summed E-state index contributed by atoms with van der Waals surface area (Å²) >= 11 is 0. The first-order valence-corrected chi connectivity index (χ1v) is 11.2. The molecule has 2 N–H and O–H groups in total. The number of ether oxygens (including phenoxy) is 6. The van der Waals surface area contributed by atoms with Gasteiger partial charge in [0.15, 0.2) is 0 Å². The fourth-order valence-corrected chi connectivity index (χ4v) is 2.26. The number of aliphatic hydroxyl groups is 2. The van der Waals surface area contributed by atoms with Crippen molar-refractivity contribution in [3.8, 4) is 0 Å². The molecular weight excluding hydrogens is 468 g/mol. The Morgan fingerprint density at radius 1 is 0.800 bits per heavy atom. The van der Waals surface area contributed by atoms with Crippen LogP contribution in [0.1, 0.15) is 39.0 Å². The molecule has 200 valence electrons. The molecule has 0 aliphatic carbocycles. The van der Waals surface area contributed by atoms with Crippen LogP contribution in [-0.2, 0) is 47.6 Å². The summed E-state index contributed by atoms with van der Waals surface area (Å²) in [5.74, 6) is -3.01. The molecule has 0 saturated heterocycles. The van der Waals surface area contributed by atoms with Gasteiger partial charge in [0.05, 0.1) is 19.8 Å². The third-order valence-electron chi connectivity index (χ3n) is 3.98. The second-order valence-corrected chi connectivity index (χ2v) is 7.20. The number of aliphatic hydroxyl groups excluding tert-OH is 2. The highest BCUT2D eigenvalue weighted by Gasteiger charge is 2.18. The predicted molar refractivity (Wildman–Crippen MR) is 121 cm³/mol. The molecule has 0 aromatic heterocycles. The minimum atomic E-state index is -1.20. The third kappa shape index (κ3) is 19.2. The molecule has 0 spiro atoms. The fraction of sp³-hybridized carbons (Fsp3) is 0.652. The number of carbonyl (C=O) groups is 4. The van der Waals surface area contributed by atoms with Crippen LogP contribution in [0, 0.1) is 0 Å². The molecule has 0 aromatic rings. The second-order valence-electron chi connectivity index (χ2n) is 7.20. The van der Waals surface area contributed by atoms with Crippen molar-refractivity contribution in [2.45, 2.75) is 57.5 Å². The van der Waals surface area contributed by atoms with Crippen molar-refractivity contribution in [2.75, 3.05) is 39.6 Å². The van der Waals surface area contributed by atoms with Crippen LogP contribution in [-0.4, -0.2) is 92.2 Å². The maximum atomic E-state index is 11.7. The van der Waals surface area contributed by atoms with Gasteiger partial charge in [-0.15, -0.1) is 0 Å². The molecule has 0 bridgehead atoms. The van der Waals surface area contributed by atoms with E-state index in [9.17, 15) is 29.4 Å². The summed E-state index contributed by atoms with van der Waals surface area (Å²) in [6.45, 7) is 7.80. The van der Waals surface area contributed by atoms with Crippen molar-refractivity contribution >= 4 is 23.9 Å². The first-order valence-electron chi connectivity index (χ1n) is 11.2. The zero-order valence-corrected chi connectivity index (χ0v) is 20.1. The first-order chi connectivity index (χ1) is 16.7. The van der Waals surface area contributed by atoms with E-state index in [-0.39, 0.29) is 26.4 Å². The standard InChI is InChI=1S/C23H36O12/c1-4-9-23(35-20(27)6-3)34-16-18(25)15-33-22(29)12-21(28)32-14-17(24)13-30-10-7-8-11-31-19(26)5-2/h5-6,17-18,23-25H,2-4,7-16H2,1H3. The highest BCUT2D eigenvalue weighted by atomic mass is 16.7. The van der Waals surface area contributed by atoms with Gasteiger partial charge in [0.2, 0.25) is 6.29 Å². The van der Waals surface area contributed by atoms with Crippen LogP contribution < -0.4 is 0 Å². The van der Waals surface area contributed by atoms with E-state index in [0.29, 0.717) is 32.3 Å². The molecule has 0 aliphatic heterocycles. The Hall–Kier alpha value is -2.80. The number of esters is 4. The lowest BCUT2D eigenvalue weighted by Gasteiger charge is -2.19. The van der Waals surface area contributed by atoms with E-state index < -0.39 is 55.4 Å². The molecule has 0 radical (unpaired) electrons. The van der Waals surface area contributed by atoms with Gasteiger partial charge >= 0.3 is 23.9 Å². The summed E-state index contributed by atoms with van der Waals surface area (Å²) in [5, 5.41) is 19.6. The summed E-state index contributed by atoms with van der Waals surface area (Å²) in [6, 6.07) is 0. The molecule has 3 unspecified atom stereocenters. The van der Waals surface area contributed by atoms with E-state index in [2.05, 4.69) is 13.2 Å². The molecule has 12 heteroatoms. The smallest absolute Gasteiger partial charge is 0.332 e. The number of hydrogen-bond acceptors (Lipinski definition) is 12. The van der Waals surface area contributed by atoms with Crippen LogP contribution in [0.25, 0.3) is 0 Å². The van der Waals surface area contributed by atoms with Gasteiger partial charge in [0.1, 0.15) is 31.8 Å². The molecule has 0 heterocycles. The van der Waals surface area contributed by atoms with Gasteiger partial charge in [-0.1, -0.05) is 26.5 Å². The zero-order chi connectivity index (χ0) is 26.5. The first kappa shape index (κ1) is 32.2. The normalized spacial score (nSPS) is 13.1. The monoisotopic (exact) mass is 504 g/mol. The number of rotatable bonds is 21. The van der Waals surface area contributed by atoms with Crippen LogP contribution in [0.2, 0.25) is 0 Å². The van der Waals surface area contributed by atoms with E-state index in [1.165, 1.54) is 0 Å². The van der Waals surface area contributed by atoms with Gasteiger partial charge in [-0.2, -0.15) is 0 Å². The molecule has 0 saturated carbocycles. The molecule has 0 aliphatic rings. The van der Waals surface area contributed by atoms with Gasteiger partial charge in [-0.05, 0) is 12.8 Å². The number of carbonyl (C=O) groups excluding carboxylic acids is 4. The second kappa shape index (κ2) is 20.6. The lowest BCUT2D eigenvalue weighted by Crippen LogP contribution is -2.29. The molecule has 0 fully saturated rings. The minimum absolute atomic E-state index is 0.0858. The van der Waals surface area contributed by atoms with Crippen molar-refractivity contribution in [1.29, 1.82) is 0 Å². The molecule has 0 rings (SSSR count). The average molecular weight is 505 g/mol. The van der Waals surface area contributed by atoms with Gasteiger partial charge in [-0.3, -0.25) is 9.59 Å². The average Bonchev–Trinajstić information content (AvgIpc) is 2.83. The Kier molecular flexibility index (Phi) is 18.9. The van der Waals surface area contributed by atoms with Crippen LogP contribution in [0.4, 0.5) is 0 Å². The summed E-state index contributed by atoms with van der Waals surface area (Å²) in [7, 11) is 0. The Morgan fingerprint density at radius 3 is 1.94 bits per heavy atom. The van der Waals surface area contributed by atoms with Gasteiger partial charge in [0.25, 0.3) is 0 Å². The lowest BCUT2D eigenvalue weighted by molar-refractivity contribution is -0.182. The largest absolute Gasteiger partial charge is 0.463 e. The van der Waals surface area contributed by atoms with E-state index >= 15 is 0 Å². The van der Waals surface area contributed by atoms with E-state index in [4.69, 9.17) is 28.4 Å². The topological polar surface area (TPSA) is 164 Å². The molecule has 0 aromatic carbocycles. The molecule has 12 nitrogen and oxygen atoms in total.